The first-order valence-electron chi connectivity index (χ1n) is 15.5. The lowest BCUT2D eigenvalue weighted by Crippen LogP contribution is -2.17. The maximum atomic E-state index is 12.1. The Morgan fingerprint density at radius 3 is 1.31 bits per heavy atom. The summed E-state index contributed by atoms with van der Waals surface area (Å²) in [4.78, 5) is 23.8. The second-order valence-corrected chi connectivity index (χ2v) is 12.1. The molecule has 0 bridgehead atoms. The Labute approximate surface area is 225 Å². The predicted octanol–water partition coefficient (Wildman–Crippen LogP) is 9.68. The number of carbonyl (C=O) groups is 2. The van der Waals surface area contributed by atoms with Gasteiger partial charge in [-0.3, -0.25) is 9.59 Å². The molecule has 0 heterocycles. The third kappa shape index (κ3) is 24.6. The van der Waals surface area contributed by atoms with Crippen molar-refractivity contribution < 1.29 is 19.1 Å². The SMILES string of the molecule is CC(C)CCOC(=O)CCCCCCCCCCCCCCCC(CC(=O)OCCC(C)C)C(C)C. The molecule has 0 fully saturated rings. The average Bonchev–Trinajstić information content (AvgIpc) is 2.80. The molecule has 4 nitrogen and oxygen atoms in total. The van der Waals surface area contributed by atoms with Crippen molar-refractivity contribution in [2.45, 2.75) is 157 Å². The fourth-order valence-electron chi connectivity index (χ4n) is 4.45. The van der Waals surface area contributed by atoms with Gasteiger partial charge in [-0.25, -0.2) is 0 Å². The molecule has 0 spiro atoms. The number of hydrogen-bond donors (Lipinski definition) is 0. The molecule has 36 heavy (non-hydrogen) atoms. The first kappa shape index (κ1) is 34.9. The molecule has 0 saturated heterocycles. The van der Waals surface area contributed by atoms with Crippen LogP contribution in [-0.4, -0.2) is 25.2 Å². The number of unbranched alkanes of at least 4 members (excludes halogenated alkanes) is 12. The molecule has 0 radical (unpaired) electrons. The zero-order chi connectivity index (χ0) is 27.0. The molecule has 0 aliphatic rings. The van der Waals surface area contributed by atoms with Gasteiger partial charge in [-0.2, -0.15) is 0 Å². The standard InChI is InChI=1S/C32H62O4/c1-27(2)22-24-35-31(33)21-19-17-15-13-11-9-7-8-10-12-14-16-18-20-30(29(5)6)26-32(34)36-25-23-28(3)4/h27-30H,7-26H2,1-6H3. The first-order valence-corrected chi connectivity index (χ1v) is 15.5. The van der Waals surface area contributed by atoms with E-state index in [-0.39, 0.29) is 11.9 Å². The normalized spacial score (nSPS) is 12.5. The quantitative estimate of drug-likeness (QED) is 0.0906. The minimum Gasteiger partial charge on any atom is -0.466 e. The van der Waals surface area contributed by atoms with Crippen LogP contribution in [0, 0.1) is 23.7 Å². The molecular weight excluding hydrogens is 448 g/mol. The Bertz CT molecular complexity index is 512. The van der Waals surface area contributed by atoms with Gasteiger partial charge < -0.3 is 9.47 Å². The molecule has 1 atom stereocenters. The Morgan fingerprint density at radius 1 is 0.500 bits per heavy atom. The van der Waals surface area contributed by atoms with E-state index in [0.717, 1.165) is 32.1 Å². The van der Waals surface area contributed by atoms with Gasteiger partial charge in [0.15, 0.2) is 0 Å². The summed E-state index contributed by atoms with van der Waals surface area (Å²) in [5.74, 6) is 2.14. The molecule has 0 aliphatic heterocycles. The van der Waals surface area contributed by atoms with Crippen molar-refractivity contribution >= 4 is 11.9 Å². The number of hydrogen-bond acceptors (Lipinski definition) is 4. The monoisotopic (exact) mass is 510 g/mol. The van der Waals surface area contributed by atoms with Gasteiger partial charge in [-0.05, 0) is 49.4 Å². The van der Waals surface area contributed by atoms with Gasteiger partial charge in [0.25, 0.3) is 0 Å². The molecule has 0 aromatic carbocycles. The second-order valence-electron chi connectivity index (χ2n) is 12.1. The van der Waals surface area contributed by atoms with Crippen LogP contribution in [0.2, 0.25) is 0 Å². The van der Waals surface area contributed by atoms with Gasteiger partial charge in [0.1, 0.15) is 0 Å². The van der Waals surface area contributed by atoms with Gasteiger partial charge in [-0.1, -0.05) is 119 Å². The van der Waals surface area contributed by atoms with Gasteiger partial charge in [0.05, 0.1) is 13.2 Å². The fourth-order valence-corrected chi connectivity index (χ4v) is 4.45. The lowest BCUT2D eigenvalue weighted by molar-refractivity contribution is -0.146. The summed E-state index contributed by atoms with van der Waals surface area (Å²) in [5.41, 5.74) is 0. The van der Waals surface area contributed by atoms with Crippen LogP contribution in [0.15, 0.2) is 0 Å². The van der Waals surface area contributed by atoms with Crippen LogP contribution in [0.3, 0.4) is 0 Å². The van der Waals surface area contributed by atoms with E-state index in [1.54, 1.807) is 0 Å². The maximum absolute atomic E-state index is 12.1. The van der Waals surface area contributed by atoms with E-state index in [4.69, 9.17) is 9.47 Å². The fraction of sp³-hybridized carbons (Fsp3) is 0.938. The van der Waals surface area contributed by atoms with Gasteiger partial charge in [-0.15, -0.1) is 0 Å². The zero-order valence-corrected chi connectivity index (χ0v) is 25.1. The van der Waals surface area contributed by atoms with Crippen molar-refractivity contribution in [2.24, 2.45) is 23.7 Å². The molecule has 0 aromatic heterocycles. The number of esters is 2. The van der Waals surface area contributed by atoms with Crippen molar-refractivity contribution in [3.63, 3.8) is 0 Å². The van der Waals surface area contributed by atoms with Gasteiger partial charge in [0, 0.05) is 12.8 Å². The summed E-state index contributed by atoms with van der Waals surface area (Å²) >= 11 is 0. The van der Waals surface area contributed by atoms with Crippen molar-refractivity contribution in [3.05, 3.63) is 0 Å². The lowest BCUT2D eigenvalue weighted by atomic mass is 9.87. The summed E-state index contributed by atoms with van der Waals surface area (Å²) in [6.45, 7) is 14.2. The van der Waals surface area contributed by atoms with Crippen LogP contribution in [0.25, 0.3) is 0 Å². The third-order valence-corrected chi connectivity index (χ3v) is 7.24. The van der Waals surface area contributed by atoms with E-state index in [2.05, 4.69) is 41.5 Å². The van der Waals surface area contributed by atoms with Crippen molar-refractivity contribution in [1.29, 1.82) is 0 Å². The van der Waals surface area contributed by atoms with E-state index < -0.39 is 0 Å². The summed E-state index contributed by atoms with van der Waals surface area (Å²) in [6.07, 6.45) is 20.8. The van der Waals surface area contributed by atoms with E-state index >= 15 is 0 Å². The summed E-state index contributed by atoms with van der Waals surface area (Å²) in [5, 5.41) is 0. The zero-order valence-electron chi connectivity index (χ0n) is 25.1. The molecule has 1 unspecified atom stereocenters. The van der Waals surface area contributed by atoms with E-state index in [1.807, 2.05) is 0 Å². The lowest BCUT2D eigenvalue weighted by Gasteiger charge is -2.20. The Morgan fingerprint density at radius 2 is 0.889 bits per heavy atom. The Hall–Kier alpha value is -1.06. The van der Waals surface area contributed by atoms with Gasteiger partial charge >= 0.3 is 11.9 Å². The minimum atomic E-state index is -0.0207. The van der Waals surface area contributed by atoms with E-state index in [9.17, 15) is 9.59 Å². The highest BCUT2D eigenvalue weighted by atomic mass is 16.5. The Kier molecular flexibility index (Phi) is 23.6. The van der Waals surface area contributed by atoms with Crippen LogP contribution in [0.5, 0.6) is 0 Å². The predicted molar refractivity (Wildman–Crippen MR) is 153 cm³/mol. The van der Waals surface area contributed by atoms with E-state index in [0.29, 0.717) is 49.7 Å². The smallest absolute Gasteiger partial charge is 0.306 e. The molecule has 0 aromatic rings. The molecule has 214 valence electrons. The van der Waals surface area contributed by atoms with Crippen LogP contribution in [-0.2, 0) is 19.1 Å². The summed E-state index contributed by atoms with van der Waals surface area (Å²) in [7, 11) is 0. The van der Waals surface area contributed by atoms with Crippen molar-refractivity contribution in [1.82, 2.24) is 0 Å². The molecule has 0 saturated carbocycles. The number of ether oxygens (including phenoxy) is 2. The van der Waals surface area contributed by atoms with Crippen LogP contribution < -0.4 is 0 Å². The number of rotatable bonds is 25. The van der Waals surface area contributed by atoms with Crippen molar-refractivity contribution in [2.75, 3.05) is 13.2 Å². The Balaban J connectivity index is 3.49. The molecule has 0 amide bonds. The third-order valence-electron chi connectivity index (χ3n) is 7.24. The molecule has 0 N–H and O–H groups in total. The van der Waals surface area contributed by atoms with Crippen molar-refractivity contribution in [3.8, 4) is 0 Å². The highest BCUT2D eigenvalue weighted by molar-refractivity contribution is 5.69. The number of carbonyl (C=O) groups excluding carboxylic acids is 2. The summed E-state index contributed by atoms with van der Waals surface area (Å²) < 4.78 is 10.7. The summed E-state index contributed by atoms with van der Waals surface area (Å²) in [6, 6.07) is 0. The highest BCUT2D eigenvalue weighted by Gasteiger charge is 2.18. The largest absolute Gasteiger partial charge is 0.466 e. The van der Waals surface area contributed by atoms with Crippen LogP contribution in [0.4, 0.5) is 0 Å². The molecule has 0 rings (SSSR count). The van der Waals surface area contributed by atoms with E-state index in [1.165, 1.54) is 70.6 Å². The molecule has 0 aliphatic carbocycles. The molecule has 4 heteroatoms. The molecular formula is C32H62O4. The highest BCUT2D eigenvalue weighted by Crippen LogP contribution is 2.23. The topological polar surface area (TPSA) is 52.6 Å². The van der Waals surface area contributed by atoms with Crippen LogP contribution >= 0.6 is 0 Å². The second kappa shape index (κ2) is 24.3. The minimum absolute atomic E-state index is 0.00780. The maximum Gasteiger partial charge on any atom is 0.306 e. The van der Waals surface area contributed by atoms with Gasteiger partial charge in [0.2, 0.25) is 0 Å². The first-order chi connectivity index (χ1) is 17.2. The van der Waals surface area contributed by atoms with Crippen LogP contribution in [0.1, 0.15) is 157 Å². The average molecular weight is 511 g/mol.